The summed E-state index contributed by atoms with van der Waals surface area (Å²) in [5, 5.41) is 3.83. The molecule has 0 bridgehead atoms. The Morgan fingerprint density at radius 3 is 2.15 bits per heavy atom. The lowest BCUT2D eigenvalue weighted by atomic mass is 10.1. The van der Waals surface area contributed by atoms with Gasteiger partial charge in [0.2, 0.25) is 10.0 Å². The van der Waals surface area contributed by atoms with E-state index in [1.807, 2.05) is 38.1 Å². The molecule has 0 aliphatic heterocycles. The van der Waals surface area contributed by atoms with Gasteiger partial charge >= 0.3 is 0 Å². The number of carbonyl (C=O) groups excluding carboxylic acids is 1. The quantitative estimate of drug-likeness (QED) is 0.602. The molecule has 2 aromatic rings. The van der Waals surface area contributed by atoms with E-state index in [4.69, 9.17) is 0 Å². The number of hydrogen-bond donors (Lipinski definition) is 2. The Bertz CT molecular complexity index is 910. The van der Waals surface area contributed by atoms with E-state index in [9.17, 15) is 13.2 Å². The van der Waals surface area contributed by atoms with E-state index in [0.717, 1.165) is 16.7 Å². The summed E-state index contributed by atoms with van der Waals surface area (Å²) in [6.45, 7) is 6.97. The molecular formula is C19H23N3O3S. The molecule has 0 saturated heterocycles. The Morgan fingerprint density at radius 2 is 1.58 bits per heavy atom. The molecule has 0 aromatic heterocycles. The van der Waals surface area contributed by atoms with Crippen LogP contribution in [0.4, 0.5) is 0 Å². The summed E-state index contributed by atoms with van der Waals surface area (Å²) in [6, 6.07) is 11.2. The molecule has 0 heterocycles. The SMILES string of the molecule is Cc1ccc(/C=N\NC(=O)CNS(=O)(=O)c2c(C)cc(C)cc2C)cc1. The lowest BCUT2D eigenvalue weighted by Gasteiger charge is -2.12. The summed E-state index contributed by atoms with van der Waals surface area (Å²) in [4.78, 5) is 12.0. The number of amides is 1. The fourth-order valence-electron chi connectivity index (χ4n) is 2.69. The number of sulfonamides is 1. The Kier molecular flexibility index (Phi) is 6.28. The summed E-state index contributed by atoms with van der Waals surface area (Å²) >= 11 is 0. The molecule has 0 fully saturated rings. The first-order valence-electron chi connectivity index (χ1n) is 8.15. The van der Waals surface area contributed by atoms with E-state index in [0.29, 0.717) is 11.1 Å². The third-order valence-electron chi connectivity index (χ3n) is 3.78. The first kappa shape index (κ1) is 19.8. The number of carbonyl (C=O) groups is 1. The van der Waals surface area contributed by atoms with Crippen molar-refractivity contribution in [3.05, 3.63) is 64.2 Å². The van der Waals surface area contributed by atoms with E-state index in [1.165, 1.54) is 6.21 Å². The zero-order chi connectivity index (χ0) is 19.3. The number of hydrazone groups is 1. The van der Waals surface area contributed by atoms with Gasteiger partial charge in [-0.1, -0.05) is 47.5 Å². The zero-order valence-corrected chi connectivity index (χ0v) is 16.1. The van der Waals surface area contributed by atoms with Gasteiger partial charge in [-0.2, -0.15) is 5.10 Å². The van der Waals surface area contributed by atoms with Crippen molar-refractivity contribution in [2.45, 2.75) is 32.6 Å². The van der Waals surface area contributed by atoms with E-state index >= 15 is 0 Å². The Balaban J connectivity index is 1.97. The Morgan fingerprint density at radius 1 is 1.00 bits per heavy atom. The van der Waals surface area contributed by atoms with Crippen molar-refractivity contribution in [3.8, 4) is 0 Å². The van der Waals surface area contributed by atoms with Crippen LogP contribution in [0.1, 0.15) is 27.8 Å². The predicted octanol–water partition coefficient (Wildman–Crippen LogP) is 2.35. The van der Waals surface area contributed by atoms with Crippen molar-refractivity contribution in [2.24, 2.45) is 5.10 Å². The van der Waals surface area contributed by atoms with Crippen molar-refractivity contribution in [2.75, 3.05) is 6.54 Å². The summed E-state index contributed by atoms with van der Waals surface area (Å²) in [7, 11) is -3.78. The minimum Gasteiger partial charge on any atom is -0.272 e. The van der Waals surface area contributed by atoms with Gasteiger partial charge in [0.25, 0.3) is 5.91 Å². The zero-order valence-electron chi connectivity index (χ0n) is 15.3. The van der Waals surface area contributed by atoms with Crippen molar-refractivity contribution >= 4 is 22.1 Å². The molecule has 0 spiro atoms. The molecular weight excluding hydrogens is 350 g/mol. The van der Waals surface area contributed by atoms with Crippen molar-refractivity contribution < 1.29 is 13.2 Å². The van der Waals surface area contributed by atoms with E-state index < -0.39 is 15.9 Å². The highest BCUT2D eigenvalue weighted by atomic mass is 32.2. The predicted molar refractivity (Wildman–Crippen MR) is 103 cm³/mol. The fraction of sp³-hybridized carbons (Fsp3) is 0.263. The highest BCUT2D eigenvalue weighted by molar-refractivity contribution is 7.89. The van der Waals surface area contributed by atoms with Crippen LogP contribution in [0.25, 0.3) is 0 Å². The molecule has 6 nitrogen and oxygen atoms in total. The topological polar surface area (TPSA) is 87.6 Å². The maximum absolute atomic E-state index is 12.5. The minimum atomic E-state index is -3.78. The van der Waals surface area contributed by atoms with Gasteiger partial charge < -0.3 is 0 Å². The van der Waals surface area contributed by atoms with Crippen LogP contribution in [0.15, 0.2) is 46.4 Å². The van der Waals surface area contributed by atoms with Crippen LogP contribution in [0, 0.1) is 27.7 Å². The average molecular weight is 373 g/mol. The Labute approximate surface area is 154 Å². The van der Waals surface area contributed by atoms with Gasteiger partial charge in [-0.15, -0.1) is 0 Å². The second-order valence-electron chi connectivity index (χ2n) is 6.26. The van der Waals surface area contributed by atoms with Gasteiger partial charge in [-0.25, -0.2) is 18.6 Å². The molecule has 2 rings (SSSR count). The van der Waals surface area contributed by atoms with Crippen LogP contribution in [0.3, 0.4) is 0 Å². The van der Waals surface area contributed by atoms with Gasteiger partial charge in [0.1, 0.15) is 0 Å². The number of nitrogens with zero attached hydrogens (tertiary/aromatic N) is 1. The third-order valence-corrected chi connectivity index (χ3v) is 5.48. The summed E-state index contributed by atoms with van der Waals surface area (Å²) < 4.78 is 27.3. The standard InChI is InChI=1S/C19H23N3O3S/c1-13-5-7-17(8-6-13)11-20-22-18(23)12-21-26(24,25)19-15(3)9-14(2)10-16(19)4/h5-11,21H,12H2,1-4H3,(H,22,23)/b20-11-. The largest absolute Gasteiger partial charge is 0.272 e. The van der Waals surface area contributed by atoms with E-state index in [1.54, 1.807) is 26.0 Å². The molecule has 2 aromatic carbocycles. The highest BCUT2D eigenvalue weighted by Gasteiger charge is 2.20. The molecule has 7 heteroatoms. The molecule has 0 atom stereocenters. The molecule has 0 aliphatic rings. The number of rotatable bonds is 6. The summed E-state index contributed by atoms with van der Waals surface area (Å²) in [5.41, 5.74) is 6.55. The van der Waals surface area contributed by atoms with Crippen molar-refractivity contribution in [1.82, 2.24) is 10.1 Å². The normalized spacial score (nSPS) is 11.7. The first-order valence-corrected chi connectivity index (χ1v) is 9.63. The van der Waals surface area contributed by atoms with Crippen LogP contribution >= 0.6 is 0 Å². The summed E-state index contributed by atoms with van der Waals surface area (Å²) in [5.74, 6) is -0.542. The maximum atomic E-state index is 12.5. The third kappa shape index (κ3) is 5.24. The van der Waals surface area contributed by atoms with Crippen LogP contribution < -0.4 is 10.1 Å². The monoisotopic (exact) mass is 373 g/mol. The minimum absolute atomic E-state index is 0.207. The Hall–Kier alpha value is -2.51. The molecule has 0 radical (unpaired) electrons. The van der Waals surface area contributed by atoms with E-state index in [-0.39, 0.29) is 11.4 Å². The number of benzene rings is 2. The molecule has 0 aliphatic carbocycles. The van der Waals surface area contributed by atoms with E-state index in [2.05, 4.69) is 15.2 Å². The molecule has 26 heavy (non-hydrogen) atoms. The number of nitrogens with one attached hydrogen (secondary N) is 2. The van der Waals surface area contributed by atoms with Crippen LogP contribution in [-0.2, 0) is 14.8 Å². The number of aryl methyl sites for hydroxylation is 4. The van der Waals surface area contributed by atoms with Crippen LogP contribution in [0.2, 0.25) is 0 Å². The molecule has 0 unspecified atom stereocenters. The van der Waals surface area contributed by atoms with Crippen molar-refractivity contribution in [1.29, 1.82) is 0 Å². The second-order valence-corrected chi connectivity index (χ2v) is 7.96. The van der Waals surface area contributed by atoms with Crippen LogP contribution in [-0.4, -0.2) is 27.1 Å². The molecule has 0 saturated carbocycles. The van der Waals surface area contributed by atoms with Gasteiger partial charge in [-0.3, -0.25) is 4.79 Å². The van der Waals surface area contributed by atoms with Crippen LogP contribution in [0.5, 0.6) is 0 Å². The fourth-order valence-corrected chi connectivity index (χ4v) is 4.13. The van der Waals surface area contributed by atoms with Crippen molar-refractivity contribution in [3.63, 3.8) is 0 Å². The lowest BCUT2D eigenvalue weighted by molar-refractivity contribution is -0.119. The summed E-state index contributed by atoms with van der Waals surface area (Å²) in [6.07, 6.45) is 1.50. The highest BCUT2D eigenvalue weighted by Crippen LogP contribution is 2.21. The molecule has 138 valence electrons. The molecule has 2 N–H and O–H groups in total. The molecule has 1 amide bonds. The average Bonchev–Trinajstić information content (AvgIpc) is 2.53. The second kappa shape index (κ2) is 8.25. The van der Waals surface area contributed by atoms with Gasteiger partial charge in [0.05, 0.1) is 17.7 Å². The first-order chi connectivity index (χ1) is 12.2. The van der Waals surface area contributed by atoms with Gasteiger partial charge in [0.15, 0.2) is 0 Å². The smallest absolute Gasteiger partial charge is 0.255 e. The number of hydrogen-bond acceptors (Lipinski definition) is 4. The van der Waals surface area contributed by atoms with Gasteiger partial charge in [-0.05, 0) is 44.4 Å². The maximum Gasteiger partial charge on any atom is 0.255 e. The van der Waals surface area contributed by atoms with Gasteiger partial charge in [0, 0.05) is 0 Å². The lowest BCUT2D eigenvalue weighted by Crippen LogP contribution is -2.35.